The lowest BCUT2D eigenvalue weighted by Gasteiger charge is -2.36. The van der Waals surface area contributed by atoms with Gasteiger partial charge in [-0.2, -0.15) is 0 Å². The van der Waals surface area contributed by atoms with E-state index in [1.807, 2.05) is 53.9 Å². The number of hydrogen-bond donors (Lipinski definition) is 0. The first-order chi connectivity index (χ1) is 14.7. The zero-order valence-electron chi connectivity index (χ0n) is 17.4. The van der Waals surface area contributed by atoms with E-state index in [0.29, 0.717) is 5.69 Å². The highest BCUT2D eigenvalue weighted by Gasteiger charge is 2.27. The molecule has 0 bridgehead atoms. The Morgan fingerprint density at radius 2 is 1.90 bits per heavy atom. The quantitative estimate of drug-likeness (QED) is 0.582. The Hall–Kier alpha value is -2.57. The summed E-state index contributed by atoms with van der Waals surface area (Å²) in [4.78, 5) is 26.3. The Balaban J connectivity index is 1.26. The third-order valence-electron chi connectivity index (χ3n) is 5.80. The highest BCUT2D eigenvalue weighted by atomic mass is 32.1. The molecule has 0 radical (unpaired) electrons. The van der Waals surface area contributed by atoms with E-state index in [1.54, 1.807) is 11.3 Å². The number of likely N-dealkylation sites (tertiary alicyclic amines) is 1. The molecule has 3 heterocycles. The van der Waals surface area contributed by atoms with E-state index in [-0.39, 0.29) is 11.9 Å². The van der Waals surface area contributed by atoms with Crippen molar-refractivity contribution in [2.24, 2.45) is 0 Å². The largest absolute Gasteiger partial charge is 0.337 e. The zero-order chi connectivity index (χ0) is 20.8. The molecule has 0 unspecified atom stereocenters. The Morgan fingerprint density at radius 3 is 2.63 bits per heavy atom. The second-order valence-electron chi connectivity index (χ2n) is 7.85. The van der Waals surface area contributed by atoms with Gasteiger partial charge in [-0.15, -0.1) is 11.3 Å². The van der Waals surface area contributed by atoms with Gasteiger partial charge >= 0.3 is 0 Å². The number of pyridine rings is 1. The van der Waals surface area contributed by atoms with Crippen LogP contribution in [0.15, 0.2) is 60.1 Å². The summed E-state index contributed by atoms with van der Waals surface area (Å²) < 4.78 is 0. The summed E-state index contributed by atoms with van der Waals surface area (Å²) in [6, 6.07) is 16.6. The average Bonchev–Trinajstić information content (AvgIpc) is 3.27. The number of piperidine rings is 1. The molecule has 1 aliphatic heterocycles. The van der Waals surface area contributed by atoms with Crippen LogP contribution in [-0.2, 0) is 12.8 Å². The lowest BCUT2D eigenvalue weighted by atomic mass is 10.0. The molecule has 3 aromatic rings. The molecular formula is C24H28N4OS. The van der Waals surface area contributed by atoms with Crippen LogP contribution in [0.5, 0.6) is 0 Å². The molecule has 1 fully saturated rings. The Morgan fingerprint density at radius 1 is 1.13 bits per heavy atom. The molecule has 0 spiro atoms. The van der Waals surface area contributed by atoms with Gasteiger partial charge in [0.15, 0.2) is 0 Å². The van der Waals surface area contributed by atoms with Gasteiger partial charge in [-0.05, 0) is 30.5 Å². The monoisotopic (exact) mass is 420 g/mol. The first-order valence-corrected chi connectivity index (χ1v) is 11.4. The summed E-state index contributed by atoms with van der Waals surface area (Å²) in [6.07, 6.45) is 5.61. The van der Waals surface area contributed by atoms with Crippen molar-refractivity contribution in [1.82, 2.24) is 19.8 Å². The van der Waals surface area contributed by atoms with Crippen LogP contribution in [0, 0.1) is 0 Å². The van der Waals surface area contributed by atoms with Crippen molar-refractivity contribution in [3.63, 3.8) is 0 Å². The third-order valence-corrected chi connectivity index (χ3v) is 6.65. The van der Waals surface area contributed by atoms with E-state index in [4.69, 9.17) is 0 Å². The van der Waals surface area contributed by atoms with Crippen LogP contribution in [0.25, 0.3) is 0 Å². The van der Waals surface area contributed by atoms with Crippen LogP contribution in [0.4, 0.5) is 0 Å². The van der Waals surface area contributed by atoms with Crippen molar-refractivity contribution < 1.29 is 4.79 Å². The Labute approximate surface area is 182 Å². The lowest BCUT2D eigenvalue weighted by molar-refractivity contribution is 0.0638. The van der Waals surface area contributed by atoms with Crippen LogP contribution in [0.3, 0.4) is 0 Å². The Bertz CT molecular complexity index is 936. The SMILES string of the molecule is CN(C(=O)c1csc(Cc2ccccc2)n1)C1CCN(CCc2ccccn2)CC1. The fourth-order valence-corrected chi connectivity index (χ4v) is 4.76. The van der Waals surface area contributed by atoms with Crippen LogP contribution in [0.1, 0.15) is 39.6 Å². The summed E-state index contributed by atoms with van der Waals surface area (Å²) in [5.74, 6) is 0.0393. The van der Waals surface area contributed by atoms with Gasteiger partial charge in [-0.3, -0.25) is 9.78 Å². The minimum atomic E-state index is 0.0393. The molecule has 0 atom stereocenters. The van der Waals surface area contributed by atoms with E-state index < -0.39 is 0 Å². The summed E-state index contributed by atoms with van der Waals surface area (Å²) in [5, 5.41) is 2.89. The van der Waals surface area contributed by atoms with Gasteiger partial charge in [-0.25, -0.2) is 4.98 Å². The number of carbonyl (C=O) groups is 1. The minimum Gasteiger partial charge on any atom is -0.337 e. The summed E-state index contributed by atoms with van der Waals surface area (Å²) >= 11 is 1.57. The molecule has 1 aliphatic rings. The maximum absolute atomic E-state index is 13.0. The second-order valence-corrected chi connectivity index (χ2v) is 8.79. The van der Waals surface area contributed by atoms with E-state index in [9.17, 15) is 4.79 Å². The number of nitrogens with zero attached hydrogens (tertiary/aromatic N) is 4. The fourth-order valence-electron chi connectivity index (χ4n) is 3.96. The standard InChI is InChI=1S/C24H28N4OS/c1-27(21-11-15-28(16-12-21)14-10-20-9-5-6-13-25-20)24(29)22-18-30-23(26-22)17-19-7-3-2-4-8-19/h2-9,13,18,21H,10-12,14-17H2,1H3. The van der Waals surface area contributed by atoms with Crippen molar-refractivity contribution >= 4 is 17.2 Å². The van der Waals surface area contributed by atoms with Gasteiger partial charge in [0.05, 0.1) is 5.01 Å². The Kier molecular flexibility index (Phi) is 6.87. The van der Waals surface area contributed by atoms with Crippen molar-refractivity contribution in [2.45, 2.75) is 31.7 Å². The predicted molar refractivity (Wildman–Crippen MR) is 121 cm³/mol. The third kappa shape index (κ3) is 5.32. The van der Waals surface area contributed by atoms with E-state index >= 15 is 0 Å². The average molecular weight is 421 g/mol. The molecule has 2 aromatic heterocycles. The second kappa shape index (κ2) is 9.96. The number of carbonyl (C=O) groups excluding carboxylic acids is 1. The topological polar surface area (TPSA) is 49.3 Å². The van der Waals surface area contributed by atoms with Crippen molar-refractivity contribution in [3.05, 3.63) is 82.1 Å². The number of benzene rings is 1. The predicted octanol–water partition coefficient (Wildman–Crippen LogP) is 3.91. The lowest BCUT2D eigenvalue weighted by Crippen LogP contribution is -2.46. The maximum atomic E-state index is 13.0. The molecule has 0 saturated carbocycles. The smallest absolute Gasteiger partial charge is 0.273 e. The zero-order valence-corrected chi connectivity index (χ0v) is 18.2. The van der Waals surface area contributed by atoms with E-state index in [0.717, 1.165) is 56.0 Å². The first-order valence-electron chi connectivity index (χ1n) is 10.6. The summed E-state index contributed by atoms with van der Waals surface area (Å²) in [5.41, 5.74) is 2.94. The van der Waals surface area contributed by atoms with E-state index in [2.05, 4.69) is 33.1 Å². The molecule has 1 saturated heterocycles. The fraction of sp³-hybridized carbons (Fsp3) is 0.375. The molecule has 1 aromatic carbocycles. The molecule has 6 heteroatoms. The maximum Gasteiger partial charge on any atom is 0.273 e. The summed E-state index contributed by atoms with van der Waals surface area (Å²) in [7, 11) is 1.92. The van der Waals surface area contributed by atoms with Gasteiger partial charge in [-0.1, -0.05) is 36.4 Å². The highest BCUT2D eigenvalue weighted by molar-refractivity contribution is 7.09. The van der Waals surface area contributed by atoms with Crippen LogP contribution >= 0.6 is 11.3 Å². The molecule has 156 valence electrons. The molecule has 30 heavy (non-hydrogen) atoms. The van der Waals surface area contributed by atoms with Gasteiger partial charge < -0.3 is 9.80 Å². The number of aromatic nitrogens is 2. The molecule has 4 rings (SSSR count). The number of rotatable bonds is 7. The minimum absolute atomic E-state index is 0.0393. The van der Waals surface area contributed by atoms with Crippen LogP contribution < -0.4 is 0 Å². The van der Waals surface area contributed by atoms with Gasteiger partial charge in [0.1, 0.15) is 5.69 Å². The number of thiazole rings is 1. The normalized spacial score (nSPS) is 15.2. The first kappa shape index (κ1) is 20.7. The molecule has 0 N–H and O–H groups in total. The number of amides is 1. The highest BCUT2D eigenvalue weighted by Crippen LogP contribution is 2.20. The van der Waals surface area contributed by atoms with Crippen molar-refractivity contribution in [3.8, 4) is 0 Å². The number of hydrogen-bond acceptors (Lipinski definition) is 5. The van der Waals surface area contributed by atoms with E-state index in [1.165, 1.54) is 5.56 Å². The summed E-state index contributed by atoms with van der Waals surface area (Å²) in [6.45, 7) is 3.06. The molecule has 5 nitrogen and oxygen atoms in total. The van der Waals surface area contributed by atoms with Crippen LogP contribution in [-0.4, -0.2) is 58.4 Å². The molecular weight excluding hydrogens is 392 g/mol. The van der Waals surface area contributed by atoms with Gasteiger partial charge in [0, 0.05) is 62.8 Å². The molecule has 1 amide bonds. The van der Waals surface area contributed by atoms with Gasteiger partial charge in [0.2, 0.25) is 0 Å². The van der Waals surface area contributed by atoms with Crippen LogP contribution in [0.2, 0.25) is 0 Å². The van der Waals surface area contributed by atoms with Crippen molar-refractivity contribution in [1.29, 1.82) is 0 Å². The van der Waals surface area contributed by atoms with Crippen molar-refractivity contribution in [2.75, 3.05) is 26.7 Å². The van der Waals surface area contributed by atoms with Gasteiger partial charge in [0.25, 0.3) is 5.91 Å². The molecule has 0 aliphatic carbocycles.